The highest BCUT2D eigenvalue weighted by Crippen LogP contribution is 2.29. The van der Waals surface area contributed by atoms with Gasteiger partial charge in [-0.3, -0.25) is 10.1 Å². The molecule has 0 fully saturated rings. The third-order valence-electron chi connectivity index (χ3n) is 3.35. The van der Waals surface area contributed by atoms with Crippen molar-refractivity contribution in [3.8, 4) is 0 Å². The summed E-state index contributed by atoms with van der Waals surface area (Å²) in [7, 11) is -1.69. The first-order valence-electron chi connectivity index (χ1n) is 5.48. The lowest BCUT2D eigenvalue weighted by Crippen LogP contribution is -2.36. The summed E-state index contributed by atoms with van der Waals surface area (Å²) in [5.41, 5.74) is 1.90. The molecule has 0 spiro atoms. The van der Waals surface area contributed by atoms with Crippen molar-refractivity contribution in [2.24, 2.45) is 0 Å². The number of nitro benzene ring substituents is 1. The summed E-state index contributed by atoms with van der Waals surface area (Å²) in [4.78, 5) is 10.2. The Bertz CT molecular complexity index is 597. The minimum atomic E-state index is -3.23. The van der Waals surface area contributed by atoms with E-state index in [0.29, 0.717) is 12.8 Å². The Morgan fingerprint density at radius 1 is 1.33 bits per heavy atom. The van der Waals surface area contributed by atoms with Gasteiger partial charge in [-0.2, -0.15) is 0 Å². The van der Waals surface area contributed by atoms with Crippen LogP contribution in [0.2, 0.25) is 0 Å². The van der Waals surface area contributed by atoms with E-state index in [-0.39, 0.29) is 11.7 Å². The number of nitrogens with zero attached hydrogens (tertiary/aromatic N) is 2. The molecule has 1 aromatic rings. The smallest absolute Gasteiger partial charge is 0.258 e. The Morgan fingerprint density at radius 3 is 2.50 bits per heavy atom. The van der Waals surface area contributed by atoms with Crippen LogP contribution in [0.3, 0.4) is 0 Å². The van der Waals surface area contributed by atoms with Crippen LogP contribution in [0.5, 0.6) is 0 Å². The Hall–Kier alpha value is -1.47. The third kappa shape index (κ3) is 2.37. The van der Waals surface area contributed by atoms with E-state index < -0.39 is 14.9 Å². The first kappa shape index (κ1) is 13.0. The molecule has 1 atom stereocenters. The van der Waals surface area contributed by atoms with Gasteiger partial charge >= 0.3 is 0 Å². The molecule has 1 aliphatic carbocycles. The molecule has 0 N–H and O–H groups in total. The highest BCUT2D eigenvalue weighted by Gasteiger charge is 2.30. The molecule has 0 aromatic heterocycles. The average molecular weight is 270 g/mol. The summed E-state index contributed by atoms with van der Waals surface area (Å²) in [6.07, 6.45) is 2.30. The lowest BCUT2D eigenvalue weighted by atomic mass is 10.1. The summed E-state index contributed by atoms with van der Waals surface area (Å²) < 4.78 is 24.3. The predicted octanol–water partition coefficient (Wildman–Crippen LogP) is 0.953. The Labute approximate surface area is 105 Å². The largest absolute Gasteiger partial charge is 0.269 e. The van der Waals surface area contributed by atoms with Crippen molar-refractivity contribution >= 4 is 15.7 Å². The topological polar surface area (TPSA) is 80.5 Å². The number of fused-ring (bicyclic) bond motifs is 1. The van der Waals surface area contributed by atoms with Gasteiger partial charge in [0, 0.05) is 25.2 Å². The van der Waals surface area contributed by atoms with E-state index in [1.54, 1.807) is 13.1 Å². The third-order valence-corrected chi connectivity index (χ3v) is 4.69. The quantitative estimate of drug-likeness (QED) is 0.605. The van der Waals surface area contributed by atoms with Crippen LogP contribution in [0.4, 0.5) is 5.69 Å². The van der Waals surface area contributed by atoms with E-state index in [4.69, 9.17) is 0 Å². The summed E-state index contributed by atoms with van der Waals surface area (Å²) in [6.45, 7) is 0. The molecule has 0 radical (unpaired) electrons. The van der Waals surface area contributed by atoms with Gasteiger partial charge in [0.1, 0.15) is 0 Å². The molecule has 98 valence electrons. The van der Waals surface area contributed by atoms with E-state index in [0.717, 1.165) is 11.1 Å². The Morgan fingerprint density at radius 2 is 1.94 bits per heavy atom. The zero-order valence-corrected chi connectivity index (χ0v) is 11.0. The fourth-order valence-electron chi connectivity index (χ4n) is 2.22. The maximum absolute atomic E-state index is 11.5. The zero-order valence-electron chi connectivity index (χ0n) is 10.2. The Balaban J connectivity index is 2.26. The van der Waals surface area contributed by atoms with Gasteiger partial charge in [-0.1, -0.05) is 6.07 Å². The molecule has 0 aliphatic heterocycles. The number of benzene rings is 1. The molecule has 2 rings (SSSR count). The van der Waals surface area contributed by atoms with E-state index in [1.165, 1.54) is 22.7 Å². The van der Waals surface area contributed by atoms with Crippen molar-refractivity contribution < 1.29 is 13.3 Å². The van der Waals surface area contributed by atoms with Crippen LogP contribution in [-0.4, -0.2) is 37.0 Å². The molecule has 0 saturated heterocycles. The van der Waals surface area contributed by atoms with E-state index in [1.807, 2.05) is 0 Å². The van der Waals surface area contributed by atoms with Crippen LogP contribution in [0, 0.1) is 10.1 Å². The molecule has 0 heterocycles. The summed E-state index contributed by atoms with van der Waals surface area (Å²) >= 11 is 0. The van der Waals surface area contributed by atoms with Crippen LogP contribution >= 0.6 is 0 Å². The van der Waals surface area contributed by atoms with Crippen molar-refractivity contribution in [1.29, 1.82) is 0 Å². The van der Waals surface area contributed by atoms with Crippen LogP contribution in [0.1, 0.15) is 11.1 Å². The van der Waals surface area contributed by atoms with Crippen LogP contribution in [-0.2, 0) is 22.9 Å². The molecule has 0 amide bonds. The fraction of sp³-hybridized carbons (Fsp3) is 0.455. The number of likely N-dealkylation sites (N-methyl/N-ethyl adjacent to an activating group) is 1. The normalized spacial score (nSPS) is 18.9. The van der Waals surface area contributed by atoms with Gasteiger partial charge in [-0.05, 0) is 24.0 Å². The first-order chi connectivity index (χ1) is 8.29. The summed E-state index contributed by atoms with van der Waals surface area (Å²) in [5.74, 6) is 0. The lowest BCUT2D eigenvalue weighted by molar-refractivity contribution is -0.384. The Kier molecular flexibility index (Phi) is 3.12. The molecular weight excluding hydrogens is 256 g/mol. The van der Waals surface area contributed by atoms with Gasteiger partial charge in [0.05, 0.1) is 11.2 Å². The summed E-state index contributed by atoms with van der Waals surface area (Å²) in [6, 6.07) is 4.56. The van der Waals surface area contributed by atoms with Crippen molar-refractivity contribution in [3.63, 3.8) is 0 Å². The van der Waals surface area contributed by atoms with Gasteiger partial charge in [0.25, 0.3) is 5.69 Å². The zero-order chi connectivity index (χ0) is 13.5. The number of non-ortho nitro benzene ring substituents is 1. The number of hydrogen-bond donors (Lipinski definition) is 0. The first-order valence-corrected chi connectivity index (χ1v) is 7.33. The highest BCUT2D eigenvalue weighted by atomic mass is 32.2. The molecule has 1 aliphatic rings. The molecule has 0 saturated carbocycles. The van der Waals surface area contributed by atoms with Crippen LogP contribution < -0.4 is 0 Å². The van der Waals surface area contributed by atoms with Crippen molar-refractivity contribution in [2.45, 2.75) is 18.9 Å². The van der Waals surface area contributed by atoms with Crippen LogP contribution in [0.15, 0.2) is 18.2 Å². The molecule has 6 nitrogen and oxygen atoms in total. The molecule has 0 bridgehead atoms. The van der Waals surface area contributed by atoms with E-state index >= 15 is 0 Å². The van der Waals surface area contributed by atoms with Gasteiger partial charge in [-0.15, -0.1) is 0 Å². The number of hydrogen-bond acceptors (Lipinski definition) is 4. The molecule has 1 aromatic carbocycles. The predicted molar refractivity (Wildman–Crippen MR) is 66.9 cm³/mol. The van der Waals surface area contributed by atoms with Crippen LogP contribution in [0.25, 0.3) is 0 Å². The average Bonchev–Trinajstić information content (AvgIpc) is 2.68. The molecule has 1 unspecified atom stereocenters. The van der Waals surface area contributed by atoms with Gasteiger partial charge in [-0.25, -0.2) is 12.7 Å². The number of rotatable bonds is 3. The molecular formula is C11H14N2O4S. The monoisotopic (exact) mass is 270 g/mol. The van der Waals surface area contributed by atoms with Gasteiger partial charge in [0.2, 0.25) is 10.0 Å². The van der Waals surface area contributed by atoms with E-state index in [9.17, 15) is 18.5 Å². The maximum Gasteiger partial charge on any atom is 0.269 e. The molecule has 7 heteroatoms. The minimum absolute atomic E-state index is 0.0522. The number of sulfonamides is 1. The summed E-state index contributed by atoms with van der Waals surface area (Å²) in [5, 5.41) is 10.7. The SMILES string of the molecule is CN(C1Cc2ccc([N+](=O)[O-])cc2C1)S(C)(=O)=O. The second-order valence-corrected chi connectivity index (χ2v) is 6.59. The highest BCUT2D eigenvalue weighted by molar-refractivity contribution is 7.88. The van der Waals surface area contributed by atoms with E-state index in [2.05, 4.69) is 0 Å². The lowest BCUT2D eigenvalue weighted by Gasteiger charge is -2.21. The second kappa shape index (κ2) is 4.33. The van der Waals surface area contributed by atoms with Crippen molar-refractivity contribution in [2.75, 3.05) is 13.3 Å². The van der Waals surface area contributed by atoms with Gasteiger partial charge in [0.15, 0.2) is 0 Å². The number of nitro groups is 1. The standard InChI is InChI=1S/C11H14N2O4S/c1-12(18(2,16)17)11-5-8-3-4-10(13(14)15)6-9(8)7-11/h3-4,6,11H,5,7H2,1-2H3. The van der Waals surface area contributed by atoms with Crippen molar-refractivity contribution in [1.82, 2.24) is 4.31 Å². The fourth-order valence-corrected chi connectivity index (χ4v) is 2.91. The maximum atomic E-state index is 11.5. The van der Waals surface area contributed by atoms with Gasteiger partial charge < -0.3 is 0 Å². The van der Waals surface area contributed by atoms with Crippen molar-refractivity contribution in [3.05, 3.63) is 39.4 Å². The second-order valence-electron chi connectivity index (χ2n) is 4.55. The molecule has 18 heavy (non-hydrogen) atoms. The minimum Gasteiger partial charge on any atom is -0.258 e.